The number of nitrogens with zero attached hydrogens (tertiary/aromatic N) is 2. The van der Waals surface area contributed by atoms with Gasteiger partial charge in [0.05, 0.1) is 11.7 Å². The monoisotopic (exact) mass is 159 g/mol. The van der Waals surface area contributed by atoms with Crippen molar-refractivity contribution in [3.8, 4) is 0 Å². The molecule has 0 aromatic carbocycles. The molecule has 0 saturated heterocycles. The molecule has 12 heavy (non-hydrogen) atoms. The molecule has 0 aliphatic carbocycles. The van der Waals surface area contributed by atoms with Crippen LogP contribution in [0, 0.1) is 6.92 Å². The van der Waals surface area contributed by atoms with Crippen LogP contribution in [-0.2, 0) is 0 Å². The van der Waals surface area contributed by atoms with E-state index in [1.165, 1.54) is 0 Å². The van der Waals surface area contributed by atoms with E-state index in [1.54, 1.807) is 12.4 Å². The minimum Gasteiger partial charge on any atom is -0.398 e. The Bertz CT molecular complexity index is 423. The minimum absolute atomic E-state index is 0.764. The fourth-order valence-corrected chi connectivity index (χ4v) is 1.24. The van der Waals surface area contributed by atoms with Gasteiger partial charge in [0.15, 0.2) is 0 Å². The minimum atomic E-state index is 0.764. The Morgan fingerprint density at radius 2 is 2.25 bits per heavy atom. The maximum absolute atomic E-state index is 5.79. The van der Waals surface area contributed by atoms with E-state index >= 15 is 0 Å². The van der Waals surface area contributed by atoms with Gasteiger partial charge in [0.1, 0.15) is 0 Å². The van der Waals surface area contributed by atoms with Crippen LogP contribution >= 0.6 is 0 Å². The van der Waals surface area contributed by atoms with Gasteiger partial charge in [-0.3, -0.25) is 9.97 Å². The average molecular weight is 159 g/mol. The highest BCUT2D eigenvalue weighted by Crippen LogP contribution is 2.18. The van der Waals surface area contributed by atoms with Gasteiger partial charge in [-0.2, -0.15) is 0 Å². The third-order valence-electron chi connectivity index (χ3n) is 1.77. The maximum atomic E-state index is 5.79. The van der Waals surface area contributed by atoms with Crippen molar-refractivity contribution in [3.63, 3.8) is 0 Å². The molecule has 0 aliphatic heterocycles. The first kappa shape index (κ1) is 7.03. The van der Waals surface area contributed by atoms with Crippen molar-refractivity contribution in [1.82, 2.24) is 9.97 Å². The van der Waals surface area contributed by atoms with Crippen molar-refractivity contribution in [2.45, 2.75) is 6.92 Å². The zero-order chi connectivity index (χ0) is 8.55. The topological polar surface area (TPSA) is 51.8 Å². The lowest BCUT2D eigenvalue weighted by molar-refractivity contribution is 1.23. The van der Waals surface area contributed by atoms with Crippen LogP contribution in [0.5, 0.6) is 0 Å². The van der Waals surface area contributed by atoms with Gasteiger partial charge in [0.2, 0.25) is 0 Å². The summed E-state index contributed by atoms with van der Waals surface area (Å²) in [5.41, 5.74) is 8.33. The number of fused-ring (bicyclic) bond motifs is 1. The third-order valence-corrected chi connectivity index (χ3v) is 1.77. The number of hydrogen-bond donors (Lipinski definition) is 1. The van der Waals surface area contributed by atoms with Gasteiger partial charge in [-0.25, -0.2) is 0 Å². The quantitative estimate of drug-likeness (QED) is 0.634. The van der Waals surface area contributed by atoms with E-state index in [2.05, 4.69) is 9.97 Å². The van der Waals surface area contributed by atoms with Crippen LogP contribution in [-0.4, -0.2) is 9.97 Å². The SMILES string of the molecule is Cc1cc(N)c2ccncc2n1. The van der Waals surface area contributed by atoms with Crippen LogP contribution in [0.2, 0.25) is 0 Å². The second kappa shape index (κ2) is 2.44. The van der Waals surface area contributed by atoms with Crippen molar-refractivity contribution < 1.29 is 0 Å². The van der Waals surface area contributed by atoms with Gasteiger partial charge in [0.25, 0.3) is 0 Å². The molecule has 0 spiro atoms. The molecule has 0 bridgehead atoms. The Labute approximate surface area is 70.3 Å². The highest BCUT2D eigenvalue weighted by molar-refractivity contribution is 5.89. The Hall–Kier alpha value is -1.64. The zero-order valence-electron chi connectivity index (χ0n) is 6.78. The Kier molecular flexibility index (Phi) is 1.43. The Morgan fingerprint density at radius 1 is 1.42 bits per heavy atom. The molecule has 0 radical (unpaired) electrons. The zero-order valence-corrected chi connectivity index (χ0v) is 6.78. The molecule has 2 heterocycles. The maximum Gasteiger partial charge on any atom is 0.0908 e. The molecule has 0 fully saturated rings. The standard InChI is InChI=1S/C9H9N3/c1-6-4-8(10)7-2-3-11-5-9(7)12-6/h2-5H,1H3,(H2,10,12). The summed E-state index contributed by atoms with van der Waals surface area (Å²) < 4.78 is 0. The first-order chi connectivity index (χ1) is 5.77. The van der Waals surface area contributed by atoms with E-state index in [0.717, 1.165) is 22.3 Å². The molecule has 0 unspecified atom stereocenters. The van der Waals surface area contributed by atoms with E-state index in [1.807, 2.05) is 19.1 Å². The average Bonchev–Trinajstić information content (AvgIpc) is 2.04. The van der Waals surface area contributed by atoms with Crippen LogP contribution in [0.25, 0.3) is 10.9 Å². The number of rotatable bonds is 0. The highest BCUT2D eigenvalue weighted by Gasteiger charge is 1.98. The van der Waals surface area contributed by atoms with Crippen LogP contribution in [0.4, 0.5) is 5.69 Å². The Morgan fingerprint density at radius 3 is 3.08 bits per heavy atom. The summed E-state index contributed by atoms with van der Waals surface area (Å²) in [5, 5.41) is 0.968. The van der Waals surface area contributed by atoms with Crippen LogP contribution in [0.1, 0.15) is 5.69 Å². The number of aromatic nitrogens is 2. The van der Waals surface area contributed by atoms with Crippen molar-refractivity contribution in [1.29, 1.82) is 0 Å². The number of nitrogens with two attached hydrogens (primary N) is 1. The van der Waals surface area contributed by atoms with Gasteiger partial charge in [-0.15, -0.1) is 0 Å². The number of anilines is 1. The molecule has 2 aromatic rings. The summed E-state index contributed by atoms with van der Waals surface area (Å²) in [6.07, 6.45) is 3.44. The molecule has 0 saturated carbocycles. The van der Waals surface area contributed by atoms with Crippen LogP contribution < -0.4 is 5.73 Å². The molecule has 2 rings (SSSR count). The molecule has 2 aromatic heterocycles. The first-order valence-electron chi connectivity index (χ1n) is 3.74. The first-order valence-corrected chi connectivity index (χ1v) is 3.74. The molecular formula is C9H9N3. The molecule has 0 amide bonds. The predicted molar refractivity (Wildman–Crippen MR) is 48.7 cm³/mol. The summed E-state index contributed by atoms with van der Waals surface area (Å²) in [4.78, 5) is 8.27. The lowest BCUT2D eigenvalue weighted by Crippen LogP contribution is -1.91. The summed E-state index contributed by atoms with van der Waals surface area (Å²) in [7, 11) is 0. The van der Waals surface area contributed by atoms with Gasteiger partial charge < -0.3 is 5.73 Å². The summed E-state index contributed by atoms with van der Waals surface area (Å²) >= 11 is 0. The third kappa shape index (κ3) is 0.993. The predicted octanol–water partition coefficient (Wildman–Crippen LogP) is 1.52. The van der Waals surface area contributed by atoms with Crippen LogP contribution in [0.3, 0.4) is 0 Å². The molecule has 60 valence electrons. The van der Waals surface area contributed by atoms with E-state index in [4.69, 9.17) is 5.73 Å². The number of aryl methyl sites for hydroxylation is 1. The smallest absolute Gasteiger partial charge is 0.0908 e. The van der Waals surface area contributed by atoms with E-state index in [0.29, 0.717) is 0 Å². The highest BCUT2D eigenvalue weighted by atomic mass is 14.7. The van der Waals surface area contributed by atoms with Gasteiger partial charge in [0, 0.05) is 23.0 Å². The molecule has 0 atom stereocenters. The molecule has 3 nitrogen and oxygen atoms in total. The molecule has 3 heteroatoms. The van der Waals surface area contributed by atoms with Crippen molar-refractivity contribution >= 4 is 16.6 Å². The van der Waals surface area contributed by atoms with Crippen molar-refractivity contribution in [3.05, 3.63) is 30.2 Å². The number of nitrogen functional groups attached to an aromatic ring is 1. The molecular weight excluding hydrogens is 150 g/mol. The van der Waals surface area contributed by atoms with Gasteiger partial charge >= 0.3 is 0 Å². The van der Waals surface area contributed by atoms with E-state index < -0.39 is 0 Å². The van der Waals surface area contributed by atoms with Crippen LogP contribution in [0.15, 0.2) is 24.5 Å². The Balaban J connectivity index is 2.89. The lowest BCUT2D eigenvalue weighted by Gasteiger charge is -2.01. The fourth-order valence-electron chi connectivity index (χ4n) is 1.24. The molecule has 0 aliphatic rings. The molecule has 2 N–H and O–H groups in total. The van der Waals surface area contributed by atoms with E-state index in [-0.39, 0.29) is 0 Å². The summed E-state index contributed by atoms with van der Waals surface area (Å²) in [5.74, 6) is 0. The van der Waals surface area contributed by atoms with Gasteiger partial charge in [-0.05, 0) is 19.1 Å². The fraction of sp³-hybridized carbons (Fsp3) is 0.111. The largest absolute Gasteiger partial charge is 0.398 e. The van der Waals surface area contributed by atoms with Crippen molar-refractivity contribution in [2.24, 2.45) is 0 Å². The van der Waals surface area contributed by atoms with Gasteiger partial charge in [-0.1, -0.05) is 0 Å². The lowest BCUT2D eigenvalue weighted by atomic mass is 10.2. The second-order valence-electron chi connectivity index (χ2n) is 2.75. The van der Waals surface area contributed by atoms with Crippen molar-refractivity contribution in [2.75, 3.05) is 5.73 Å². The summed E-state index contributed by atoms with van der Waals surface area (Å²) in [6, 6.07) is 3.74. The summed E-state index contributed by atoms with van der Waals surface area (Å²) in [6.45, 7) is 1.92. The second-order valence-corrected chi connectivity index (χ2v) is 2.75. The van der Waals surface area contributed by atoms with E-state index in [9.17, 15) is 0 Å². The number of hydrogen-bond acceptors (Lipinski definition) is 3. The number of pyridine rings is 2. The normalized spacial score (nSPS) is 10.4.